The molecule has 1 amide bonds. The fourth-order valence-electron chi connectivity index (χ4n) is 5.20. The van der Waals surface area contributed by atoms with Crippen LogP contribution in [0, 0.1) is 5.95 Å². The number of nitrogens with zero attached hydrogens (tertiary/aromatic N) is 5. The van der Waals surface area contributed by atoms with Crippen LogP contribution in [0.1, 0.15) is 35.2 Å². The highest BCUT2D eigenvalue weighted by atomic mass is 35.5. The molecule has 32 heavy (non-hydrogen) atoms. The number of anilines is 1. The van der Waals surface area contributed by atoms with Crippen LogP contribution >= 0.6 is 11.6 Å². The molecule has 4 heterocycles. The van der Waals surface area contributed by atoms with Gasteiger partial charge in [0.15, 0.2) is 12.1 Å². The first-order chi connectivity index (χ1) is 15.5. The summed E-state index contributed by atoms with van der Waals surface area (Å²) < 4.78 is 15.1. The van der Waals surface area contributed by atoms with Crippen LogP contribution in [0.15, 0.2) is 42.5 Å². The molecule has 0 bridgehead atoms. The maximum Gasteiger partial charge on any atom is 0.263 e. The minimum atomic E-state index is -0.505. The molecule has 3 aromatic rings. The Morgan fingerprint density at radius 2 is 2.00 bits per heavy atom. The molecule has 1 aromatic carbocycles. The minimum absolute atomic E-state index is 0.113. The van der Waals surface area contributed by atoms with Crippen molar-refractivity contribution in [2.24, 2.45) is 0 Å². The molecule has 7 nitrogen and oxygen atoms in total. The monoisotopic (exact) mass is 452 g/mol. The van der Waals surface area contributed by atoms with Gasteiger partial charge in [0.2, 0.25) is 5.95 Å². The highest BCUT2D eigenvalue weighted by molar-refractivity contribution is 6.33. The second-order valence-electron chi connectivity index (χ2n) is 8.66. The lowest BCUT2D eigenvalue weighted by atomic mass is 10.1. The average molecular weight is 453 g/mol. The van der Waals surface area contributed by atoms with E-state index in [1.54, 1.807) is 21.7 Å². The largest absolute Gasteiger partial charge is 0.317 e. The summed E-state index contributed by atoms with van der Waals surface area (Å²) in [5, 5.41) is 8.73. The van der Waals surface area contributed by atoms with Gasteiger partial charge in [0.25, 0.3) is 5.91 Å². The number of nitrogens with one attached hydrogen (secondary N) is 1. The van der Waals surface area contributed by atoms with E-state index < -0.39 is 5.95 Å². The first kappa shape index (κ1) is 19.7. The molecular formula is C23H22ClFN6O. The van der Waals surface area contributed by atoms with Crippen molar-refractivity contribution in [2.75, 3.05) is 11.9 Å². The lowest BCUT2D eigenvalue weighted by molar-refractivity contribution is 0.0695. The normalized spacial score (nSPS) is 24.0. The molecular weight excluding hydrogens is 431 g/mol. The fourth-order valence-corrected chi connectivity index (χ4v) is 5.46. The summed E-state index contributed by atoms with van der Waals surface area (Å²) in [6.07, 6.45) is 3.17. The number of hydrogen-bond acceptors (Lipinski definition) is 5. The Morgan fingerprint density at radius 1 is 1.19 bits per heavy atom. The van der Waals surface area contributed by atoms with E-state index in [0.717, 1.165) is 24.0 Å². The van der Waals surface area contributed by atoms with Gasteiger partial charge in [-0.2, -0.15) is 9.49 Å². The zero-order chi connectivity index (χ0) is 22.0. The summed E-state index contributed by atoms with van der Waals surface area (Å²) in [6, 6.07) is 13.1. The van der Waals surface area contributed by atoms with Crippen LogP contribution in [0.25, 0.3) is 11.3 Å². The Hall–Kier alpha value is -2.97. The molecule has 1 N–H and O–H groups in total. The predicted octanol–water partition coefficient (Wildman–Crippen LogP) is 3.49. The van der Waals surface area contributed by atoms with Crippen LogP contribution in [-0.4, -0.2) is 51.0 Å². The topological polar surface area (TPSA) is 66.3 Å². The van der Waals surface area contributed by atoms with Gasteiger partial charge in [-0.25, -0.2) is 9.67 Å². The zero-order valence-corrected chi connectivity index (χ0v) is 18.3. The molecule has 3 aliphatic rings. The summed E-state index contributed by atoms with van der Waals surface area (Å²) in [5.74, 6) is 0.0532. The Bertz CT molecular complexity index is 1210. The van der Waals surface area contributed by atoms with Crippen LogP contribution in [0.2, 0.25) is 5.15 Å². The van der Waals surface area contributed by atoms with Gasteiger partial charge in [-0.15, -0.1) is 0 Å². The molecule has 2 fully saturated rings. The summed E-state index contributed by atoms with van der Waals surface area (Å²) in [7, 11) is 1.81. The number of carbonyl (C=O) groups is 1. The third-order valence-electron chi connectivity index (χ3n) is 6.78. The lowest BCUT2D eigenvalue weighted by Crippen LogP contribution is -2.56. The Balaban J connectivity index is 1.32. The van der Waals surface area contributed by atoms with Crippen LogP contribution < -0.4 is 10.2 Å². The van der Waals surface area contributed by atoms with Crippen molar-refractivity contribution in [1.29, 1.82) is 0 Å². The van der Waals surface area contributed by atoms with Gasteiger partial charge in [0, 0.05) is 24.7 Å². The summed E-state index contributed by atoms with van der Waals surface area (Å²) in [4.78, 5) is 21.0. The SMILES string of the molecule is CN1C(=O)c2c(nn(Cc3ccc(-c4cccc(F)n4)cc3)c2Cl)N2C3CCCC3NC12. The number of aromatic nitrogens is 3. The van der Waals surface area contributed by atoms with Gasteiger partial charge in [-0.1, -0.05) is 41.9 Å². The molecule has 3 unspecified atom stereocenters. The molecule has 0 spiro atoms. The maximum absolute atomic E-state index is 13.4. The number of pyridine rings is 1. The second-order valence-corrected chi connectivity index (χ2v) is 9.02. The predicted molar refractivity (Wildman–Crippen MR) is 119 cm³/mol. The van der Waals surface area contributed by atoms with E-state index in [2.05, 4.69) is 15.2 Å². The third kappa shape index (κ3) is 2.93. The number of amides is 1. The van der Waals surface area contributed by atoms with Crippen LogP contribution in [0.3, 0.4) is 0 Å². The summed E-state index contributed by atoms with van der Waals surface area (Å²) in [5.41, 5.74) is 2.86. The van der Waals surface area contributed by atoms with Gasteiger partial charge in [0.05, 0.1) is 12.2 Å². The van der Waals surface area contributed by atoms with Crippen molar-refractivity contribution >= 4 is 23.3 Å². The Kier molecular flexibility index (Phi) is 4.48. The third-order valence-corrected chi connectivity index (χ3v) is 7.16. The van der Waals surface area contributed by atoms with Gasteiger partial charge >= 0.3 is 0 Å². The molecule has 9 heteroatoms. The molecule has 3 atom stereocenters. The second kappa shape index (κ2) is 7.28. The van der Waals surface area contributed by atoms with Crippen LogP contribution in [0.4, 0.5) is 10.2 Å². The number of rotatable bonds is 3. The van der Waals surface area contributed by atoms with Crippen LogP contribution in [0.5, 0.6) is 0 Å². The Morgan fingerprint density at radius 3 is 2.78 bits per heavy atom. The number of benzene rings is 1. The summed E-state index contributed by atoms with van der Waals surface area (Å²) in [6.45, 7) is 0.430. The smallest absolute Gasteiger partial charge is 0.263 e. The van der Waals surface area contributed by atoms with Crippen molar-refractivity contribution < 1.29 is 9.18 Å². The van der Waals surface area contributed by atoms with E-state index in [0.29, 0.717) is 40.9 Å². The molecule has 6 rings (SSSR count). The number of carbonyl (C=O) groups excluding carboxylic acids is 1. The lowest BCUT2D eigenvalue weighted by Gasteiger charge is -2.39. The van der Waals surface area contributed by atoms with Gasteiger partial charge in [-0.05, 0) is 37.0 Å². The van der Waals surface area contributed by atoms with Crippen LogP contribution in [-0.2, 0) is 6.54 Å². The minimum Gasteiger partial charge on any atom is -0.317 e. The van der Waals surface area contributed by atoms with Crippen molar-refractivity contribution in [2.45, 2.75) is 44.2 Å². The van der Waals surface area contributed by atoms with Crippen molar-refractivity contribution in [3.63, 3.8) is 0 Å². The molecule has 2 aromatic heterocycles. The fraction of sp³-hybridized carbons (Fsp3) is 0.348. The average Bonchev–Trinajstić information content (AvgIpc) is 3.46. The number of fused-ring (bicyclic) bond motifs is 5. The molecule has 164 valence electrons. The molecule has 1 saturated carbocycles. The van der Waals surface area contributed by atoms with E-state index >= 15 is 0 Å². The van der Waals surface area contributed by atoms with Crippen molar-refractivity contribution in [3.8, 4) is 11.3 Å². The highest BCUT2D eigenvalue weighted by Gasteiger charge is 2.51. The van der Waals surface area contributed by atoms with Crippen molar-refractivity contribution in [3.05, 3.63) is 64.7 Å². The summed E-state index contributed by atoms with van der Waals surface area (Å²) >= 11 is 6.68. The van der Waals surface area contributed by atoms with Crippen molar-refractivity contribution in [1.82, 2.24) is 25.0 Å². The first-order valence-corrected chi connectivity index (χ1v) is 11.2. The van der Waals surface area contributed by atoms with E-state index in [1.165, 1.54) is 12.5 Å². The number of halogens is 2. The van der Waals surface area contributed by atoms with Gasteiger partial charge in [0.1, 0.15) is 10.7 Å². The molecule has 1 aliphatic carbocycles. The maximum atomic E-state index is 13.4. The number of hydrogen-bond donors (Lipinski definition) is 1. The van der Waals surface area contributed by atoms with E-state index in [1.807, 2.05) is 31.3 Å². The quantitative estimate of drug-likeness (QED) is 0.616. The van der Waals surface area contributed by atoms with E-state index in [9.17, 15) is 9.18 Å². The standard InChI is InChI=1S/C23H22ClFN6O/c1-29-22(32)19-20(24)30(28-21(19)31-17-6-2-5-16(17)27-23(29)31)12-13-8-10-14(11-9-13)15-4-3-7-18(25)26-15/h3-4,7-11,16-17,23,27H,2,5-6,12H2,1H3. The molecule has 1 saturated heterocycles. The first-order valence-electron chi connectivity index (χ1n) is 10.8. The van der Waals surface area contributed by atoms with Gasteiger partial charge < -0.3 is 9.80 Å². The highest BCUT2D eigenvalue weighted by Crippen LogP contribution is 2.42. The zero-order valence-electron chi connectivity index (χ0n) is 17.5. The molecule has 2 aliphatic heterocycles. The van der Waals surface area contributed by atoms with E-state index in [-0.39, 0.29) is 12.2 Å². The Labute approximate surface area is 189 Å². The molecule has 0 radical (unpaired) electrons. The van der Waals surface area contributed by atoms with E-state index in [4.69, 9.17) is 16.7 Å². The van der Waals surface area contributed by atoms with Gasteiger partial charge in [-0.3, -0.25) is 10.1 Å².